The summed E-state index contributed by atoms with van der Waals surface area (Å²) in [5.74, 6) is 0.281. The fourth-order valence-corrected chi connectivity index (χ4v) is 4.57. The van der Waals surface area contributed by atoms with Gasteiger partial charge >= 0.3 is 0 Å². The van der Waals surface area contributed by atoms with Gasteiger partial charge < -0.3 is 0 Å². The summed E-state index contributed by atoms with van der Waals surface area (Å²) in [5, 5.41) is 0. The Kier molecular flexibility index (Phi) is 5.16. The van der Waals surface area contributed by atoms with E-state index in [4.69, 9.17) is 0 Å². The van der Waals surface area contributed by atoms with Crippen LogP contribution in [0.1, 0.15) is 86.8 Å². The molecule has 2 aromatic rings. The van der Waals surface area contributed by atoms with Crippen molar-refractivity contribution in [1.29, 1.82) is 0 Å². The van der Waals surface area contributed by atoms with E-state index in [1.807, 2.05) is 12.1 Å². The summed E-state index contributed by atoms with van der Waals surface area (Å²) in [5.41, 5.74) is 8.62. The number of rotatable bonds is 4. The fourth-order valence-electron chi connectivity index (χ4n) is 4.57. The summed E-state index contributed by atoms with van der Waals surface area (Å²) < 4.78 is 0. The predicted octanol–water partition coefficient (Wildman–Crippen LogP) is 6.71. The minimum Gasteiger partial charge on any atom is -0.299 e. The average Bonchev–Trinajstić information content (AvgIpc) is 2.63. The molecule has 1 aliphatic rings. The van der Waals surface area contributed by atoms with Crippen LogP contribution in [0.3, 0.4) is 0 Å². The van der Waals surface area contributed by atoms with Crippen molar-refractivity contribution in [3.63, 3.8) is 0 Å². The van der Waals surface area contributed by atoms with Gasteiger partial charge in [0, 0.05) is 5.92 Å². The molecule has 0 aromatic heterocycles. The first kappa shape index (κ1) is 19.6. The Morgan fingerprint density at radius 2 is 1.52 bits per heavy atom. The molecule has 0 fully saturated rings. The van der Waals surface area contributed by atoms with Crippen molar-refractivity contribution in [2.75, 3.05) is 0 Å². The number of fused-ring (bicyclic) bond motifs is 1. The van der Waals surface area contributed by atoms with Crippen LogP contribution in [-0.2, 0) is 15.6 Å². The van der Waals surface area contributed by atoms with Crippen molar-refractivity contribution in [2.45, 2.75) is 71.1 Å². The first-order valence-electron chi connectivity index (χ1n) is 10.0. The Hall–Kier alpha value is -2.15. The Labute approximate surface area is 164 Å². The predicted molar refractivity (Wildman–Crippen MR) is 116 cm³/mol. The molecule has 0 amide bonds. The molecule has 0 bridgehead atoms. The van der Waals surface area contributed by atoms with Crippen LogP contribution in [0.4, 0.5) is 0 Å². The summed E-state index contributed by atoms with van der Waals surface area (Å²) in [7, 11) is 0. The second-order valence-electron chi connectivity index (χ2n) is 9.37. The second kappa shape index (κ2) is 7.11. The molecular formula is C26H32O. The summed E-state index contributed by atoms with van der Waals surface area (Å²) in [6.07, 6.45) is 6.80. The maximum atomic E-state index is 10.8. The van der Waals surface area contributed by atoms with E-state index < -0.39 is 0 Å². The van der Waals surface area contributed by atoms with Crippen molar-refractivity contribution in [1.82, 2.24) is 0 Å². The lowest BCUT2D eigenvalue weighted by atomic mass is 9.62. The van der Waals surface area contributed by atoms with E-state index >= 15 is 0 Å². The number of carbonyl (C=O) groups is 1. The minimum absolute atomic E-state index is 0.212. The molecule has 0 N–H and O–H groups in total. The van der Waals surface area contributed by atoms with Crippen LogP contribution in [0.2, 0.25) is 0 Å². The van der Waals surface area contributed by atoms with E-state index in [1.165, 1.54) is 40.7 Å². The zero-order chi connectivity index (χ0) is 19.8. The highest BCUT2D eigenvalue weighted by molar-refractivity contribution is 5.75. The Balaban J connectivity index is 2.14. The van der Waals surface area contributed by atoms with Crippen LogP contribution in [0.15, 0.2) is 42.5 Å². The van der Waals surface area contributed by atoms with Gasteiger partial charge in [0.25, 0.3) is 0 Å². The molecule has 0 saturated carbocycles. The molecule has 0 aliphatic heterocycles. The SMILES string of the molecule is Cc1cc2c(cc1C(C)c1ccccc1C=CC=O)C(C)(C)CCC2(C)C. The molecule has 1 heteroatoms. The van der Waals surface area contributed by atoms with Gasteiger partial charge in [0.05, 0.1) is 0 Å². The molecule has 0 heterocycles. The van der Waals surface area contributed by atoms with Crippen LogP contribution in [-0.4, -0.2) is 6.29 Å². The van der Waals surface area contributed by atoms with E-state index in [-0.39, 0.29) is 16.7 Å². The molecular weight excluding hydrogens is 328 g/mol. The zero-order valence-corrected chi connectivity index (χ0v) is 17.6. The number of benzene rings is 2. The Morgan fingerprint density at radius 3 is 2.15 bits per heavy atom. The highest BCUT2D eigenvalue weighted by atomic mass is 16.1. The smallest absolute Gasteiger partial charge is 0.142 e. The van der Waals surface area contributed by atoms with Crippen molar-refractivity contribution >= 4 is 12.4 Å². The highest BCUT2D eigenvalue weighted by Crippen LogP contribution is 2.47. The summed E-state index contributed by atoms with van der Waals surface area (Å²) in [6, 6.07) is 13.3. The molecule has 2 aromatic carbocycles. The molecule has 0 radical (unpaired) electrons. The topological polar surface area (TPSA) is 17.1 Å². The summed E-state index contributed by atoms with van der Waals surface area (Å²) >= 11 is 0. The second-order valence-corrected chi connectivity index (χ2v) is 9.37. The van der Waals surface area contributed by atoms with Crippen molar-refractivity contribution in [3.05, 3.63) is 75.9 Å². The van der Waals surface area contributed by atoms with Crippen molar-refractivity contribution in [2.24, 2.45) is 0 Å². The first-order chi connectivity index (χ1) is 12.7. The zero-order valence-electron chi connectivity index (χ0n) is 17.6. The molecule has 27 heavy (non-hydrogen) atoms. The quantitative estimate of drug-likeness (QED) is 0.437. The minimum atomic E-state index is 0.212. The van der Waals surface area contributed by atoms with Crippen LogP contribution in [0.5, 0.6) is 0 Å². The molecule has 1 atom stereocenters. The van der Waals surface area contributed by atoms with E-state index in [0.29, 0.717) is 0 Å². The number of allylic oxidation sites excluding steroid dienone is 1. The van der Waals surface area contributed by atoms with Crippen molar-refractivity contribution in [3.8, 4) is 0 Å². The lowest BCUT2D eigenvalue weighted by molar-refractivity contribution is -0.104. The number of hydrogen-bond acceptors (Lipinski definition) is 1. The largest absolute Gasteiger partial charge is 0.299 e. The number of aryl methyl sites for hydroxylation is 1. The van der Waals surface area contributed by atoms with Gasteiger partial charge in [-0.25, -0.2) is 0 Å². The van der Waals surface area contributed by atoms with E-state index in [0.717, 1.165) is 11.8 Å². The van der Waals surface area contributed by atoms with Crippen LogP contribution >= 0.6 is 0 Å². The van der Waals surface area contributed by atoms with Gasteiger partial charge in [-0.15, -0.1) is 0 Å². The Morgan fingerprint density at radius 1 is 0.926 bits per heavy atom. The number of hydrogen-bond donors (Lipinski definition) is 0. The van der Waals surface area contributed by atoms with Gasteiger partial charge in [0.1, 0.15) is 6.29 Å². The third-order valence-corrected chi connectivity index (χ3v) is 6.52. The lowest BCUT2D eigenvalue weighted by Crippen LogP contribution is -2.34. The average molecular weight is 361 g/mol. The third-order valence-electron chi connectivity index (χ3n) is 6.52. The van der Waals surface area contributed by atoms with Gasteiger partial charge in [-0.2, -0.15) is 0 Å². The van der Waals surface area contributed by atoms with Gasteiger partial charge in [-0.3, -0.25) is 4.79 Å². The van der Waals surface area contributed by atoms with E-state index in [1.54, 1.807) is 6.08 Å². The third kappa shape index (κ3) is 3.65. The molecule has 3 rings (SSSR count). The standard InChI is InChI=1S/C26H32O/c1-18-16-23-24(26(5,6)14-13-25(23,3)4)17-22(18)19(2)21-12-8-7-10-20(21)11-9-15-27/h7-12,15-17,19H,13-14H2,1-6H3. The van der Waals surface area contributed by atoms with Crippen LogP contribution in [0.25, 0.3) is 6.08 Å². The normalized spacial score (nSPS) is 18.9. The van der Waals surface area contributed by atoms with E-state index in [9.17, 15) is 4.79 Å². The first-order valence-corrected chi connectivity index (χ1v) is 10.0. The molecule has 1 aliphatic carbocycles. The van der Waals surface area contributed by atoms with Crippen LogP contribution in [0, 0.1) is 6.92 Å². The molecule has 0 saturated heterocycles. The molecule has 0 spiro atoms. The summed E-state index contributed by atoms with van der Waals surface area (Å²) in [4.78, 5) is 10.8. The van der Waals surface area contributed by atoms with Gasteiger partial charge in [0.15, 0.2) is 0 Å². The molecule has 1 nitrogen and oxygen atoms in total. The lowest BCUT2D eigenvalue weighted by Gasteiger charge is -2.42. The number of aldehydes is 1. The fraction of sp³-hybridized carbons (Fsp3) is 0.423. The number of carbonyl (C=O) groups excluding carboxylic acids is 1. The van der Waals surface area contributed by atoms with Crippen LogP contribution < -0.4 is 0 Å². The molecule has 142 valence electrons. The van der Waals surface area contributed by atoms with E-state index in [2.05, 4.69) is 71.9 Å². The van der Waals surface area contributed by atoms with Gasteiger partial charge in [0.2, 0.25) is 0 Å². The monoisotopic (exact) mass is 360 g/mol. The molecule has 1 unspecified atom stereocenters. The van der Waals surface area contributed by atoms with Gasteiger partial charge in [-0.1, -0.05) is 77.1 Å². The summed E-state index contributed by atoms with van der Waals surface area (Å²) in [6.45, 7) is 14.0. The van der Waals surface area contributed by atoms with Gasteiger partial charge in [-0.05, 0) is 70.1 Å². The highest BCUT2D eigenvalue weighted by Gasteiger charge is 2.37. The maximum absolute atomic E-state index is 10.8. The Bertz CT molecular complexity index is 883. The maximum Gasteiger partial charge on any atom is 0.142 e. The van der Waals surface area contributed by atoms with Crippen molar-refractivity contribution < 1.29 is 4.79 Å².